The monoisotopic (exact) mass is 196 g/mol. The molecule has 0 aromatic carbocycles. The van der Waals surface area contributed by atoms with E-state index >= 15 is 0 Å². The van der Waals surface area contributed by atoms with Gasteiger partial charge in [0.15, 0.2) is 5.82 Å². The number of nitrogens with zero attached hydrogens (tertiary/aromatic N) is 3. The molecule has 2 N–H and O–H groups in total. The van der Waals surface area contributed by atoms with Crippen LogP contribution < -0.4 is 5.32 Å². The van der Waals surface area contributed by atoms with Crippen LogP contribution in [-0.2, 0) is 17.9 Å². The molecule has 0 radical (unpaired) electrons. The number of aliphatic hydroxyl groups is 1. The maximum atomic E-state index is 10.9. The van der Waals surface area contributed by atoms with Gasteiger partial charge in [-0.25, -0.2) is 0 Å². The maximum absolute atomic E-state index is 10.9. The van der Waals surface area contributed by atoms with Crippen molar-refractivity contribution < 1.29 is 9.90 Å². The summed E-state index contributed by atoms with van der Waals surface area (Å²) in [5, 5.41) is 19.2. The van der Waals surface area contributed by atoms with Crippen molar-refractivity contribution in [2.75, 3.05) is 0 Å². The van der Waals surface area contributed by atoms with Gasteiger partial charge in [-0.3, -0.25) is 4.79 Å². The molecule has 76 valence electrons. The topological polar surface area (TPSA) is 80.0 Å². The molecule has 0 bridgehead atoms. The number of nitrogens with one attached hydrogen (secondary N) is 1. The summed E-state index contributed by atoms with van der Waals surface area (Å²) in [5.74, 6) is 0.625. The number of carbonyl (C=O) groups is 1. The quantitative estimate of drug-likeness (QED) is 0.653. The van der Waals surface area contributed by atoms with Crippen molar-refractivity contribution in [2.24, 2.45) is 0 Å². The van der Waals surface area contributed by atoms with E-state index in [0.29, 0.717) is 18.8 Å². The number of aliphatic hydroxyl groups excluding tert-OH is 1. The Kier molecular flexibility index (Phi) is 2.45. The first-order chi connectivity index (χ1) is 6.79. The average molecular weight is 196 g/mol. The van der Waals surface area contributed by atoms with Crippen LogP contribution in [0.25, 0.3) is 0 Å². The minimum absolute atomic E-state index is 0.0913. The highest BCUT2D eigenvalue weighted by Crippen LogP contribution is 2.09. The Bertz CT molecular complexity index is 336. The zero-order chi connectivity index (χ0) is 9.97. The van der Waals surface area contributed by atoms with Gasteiger partial charge >= 0.3 is 0 Å². The largest absolute Gasteiger partial charge is 0.388 e. The van der Waals surface area contributed by atoms with Crippen molar-refractivity contribution >= 4 is 5.91 Å². The van der Waals surface area contributed by atoms with Gasteiger partial charge in [-0.05, 0) is 6.42 Å². The second-order valence-electron chi connectivity index (χ2n) is 3.36. The zero-order valence-corrected chi connectivity index (χ0v) is 7.68. The second-order valence-corrected chi connectivity index (χ2v) is 3.36. The lowest BCUT2D eigenvalue weighted by Crippen LogP contribution is -2.29. The third kappa shape index (κ3) is 1.74. The van der Waals surface area contributed by atoms with Crippen LogP contribution in [0.2, 0.25) is 0 Å². The molecule has 1 aliphatic rings. The molecular formula is C8H12N4O2. The van der Waals surface area contributed by atoms with Gasteiger partial charge in [0.1, 0.15) is 12.9 Å². The Morgan fingerprint density at radius 3 is 3.21 bits per heavy atom. The van der Waals surface area contributed by atoms with Gasteiger partial charge in [0.2, 0.25) is 5.91 Å². The van der Waals surface area contributed by atoms with Crippen molar-refractivity contribution in [2.45, 2.75) is 32.0 Å². The van der Waals surface area contributed by atoms with Crippen molar-refractivity contribution in [1.82, 2.24) is 20.1 Å². The molecule has 0 spiro atoms. The molecule has 1 aliphatic heterocycles. The summed E-state index contributed by atoms with van der Waals surface area (Å²) >= 11 is 0. The van der Waals surface area contributed by atoms with Gasteiger partial charge < -0.3 is 15.0 Å². The van der Waals surface area contributed by atoms with E-state index in [0.717, 1.165) is 6.42 Å². The second kappa shape index (κ2) is 3.75. The number of carbonyl (C=O) groups excluding carboxylic acids is 1. The summed E-state index contributed by atoms with van der Waals surface area (Å²) in [6, 6.07) is 0.142. The van der Waals surface area contributed by atoms with Crippen LogP contribution in [-0.4, -0.2) is 31.8 Å². The summed E-state index contributed by atoms with van der Waals surface area (Å²) in [6.07, 6.45) is 2.99. The predicted molar refractivity (Wildman–Crippen MR) is 47.1 cm³/mol. The molecule has 1 atom stereocenters. The molecule has 0 saturated carbocycles. The molecule has 1 aromatic rings. The average Bonchev–Trinajstić information content (AvgIpc) is 2.76. The number of rotatable bonds is 3. The highest BCUT2D eigenvalue weighted by atomic mass is 16.3. The molecule has 1 fully saturated rings. The Hall–Kier alpha value is -1.43. The van der Waals surface area contributed by atoms with Crippen LogP contribution in [0.4, 0.5) is 0 Å². The summed E-state index contributed by atoms with van der Waals surface area (Å²) < 4.78 is 1.76. The van der Waals surface area contributed by atoms with Crippen LogP contribution in [0.3, 0.4) is 0 Å². The normalized spacial score (nSPS) is 21.2. The lowest BCUT2D eigenvalue weighted by molar-refractivity contribution is -0.119. The first-order valence-corrected chi connectivity index (χ1v) is 4.56. The Morgan fingerprint density at radius 1 is 1.71 bits per heavy atom. The number of aromatic nitrogens is 3. The molecule has 6 nitrogen and oxygen atoms in total. The van der Waals surface area contributed by atoms with E-state index < -0.39 is 0 Å². The highest BCUT2D eigenvalue weighted by Gasteiger charge is 2.21. The minimum Gasteiger partial charge on any atom is -0.388 e. The van der Waals surface area contributed by atoms with Gasteiger partial charge in [0.25, 0.3) is 0 Å². The first kappa shape index (κ1) is 9.14. The molecule has 2 rings (SSSR count). The zero-order valence-electron chi connectivity index (χ0n) is 7.68. The number of hydrogen-bond donors (Lipinski definition) is 2. The molecule has 1 saturated heterocycles. The molecule has 1 unspecified atom stereocenters. The van der Waals surface area contributed by atoms with Gasteiger partial charge in [-0.15, -0.1) is 10.2 Å². The maximum Gasteiger partial charge on any atom is 0.220 e. The van der Waals surface area contributed by atoms with E-state index in [1.54, 1.807) is 10.9 Å². The van der Waals surface area contributed by atoms with Crippen molar-refractivity contribution in [3.8, 4) is 0 Å². The van der Waals surface area contributed by atoms with E-state index in [2.05, 4.69) is 15.5 Å². The van der Waals surface area contributed by atoms with Crippen molar-refractivity contribution in [3.05, 3.63) is 12.2 Å². The van der Waals surface area contributed by atoms with Crippen molar-refractivity contribution in [1.29, 1.82) is 0 Å². The summed E-state index contributed by atoms with van der Waals surface area (Å²) in [4.78, 5) is 10.9. The van der Waals surface area contributed by atoms with Gasteiger partial charge in [-0.2, -0.15) is 0 Å². The van der Waals surface area contributed by atoms with E-state index in [9.17, 15) is 4.79 Å². The molecular weight excluding hydrogens is 184 g/mol. The van der Waals surface area contributed by atoms with E-state index in [4.69, 9.17) is 5.11 Å². The molecule has 1 aromatic heterocycles. The fraction of sp³-hybridized carbons (Fsp3) is 0.625. The third-order valence-electron chi connectivity index (χ3n) is 2.34. The Labute approximate surface area is 80.9 Å². The van der Waals surface area contributed by atoms with E-state index in [1.807, 2.05) is 0 Å². The standard InChI is InChI=1S/C8H12N4O2/c13-4-7-11-9-5-12(7)3-6-1-2-8(14)10-6/h5-6,13H,1-4H2,(H,10,14). The molecule has 6 heteroatoms. The van der Waals surface area contributed by atoms with Gasteiger partial charge in [-0.1, -0.05) is 0 Å². The minimum atomic E-state index is -0.124. The lowest BCUT2D eigenvalue weighted by atomic mass is 10.2. The highest BCUT2D eigenvalue weighted by molar-refractivity contribution is 5.78. The number of hydrogen-bond acceptors (Lipinski definition) is 4. The summed E-state index contributed by atoms with van der Waals surface area (Å²) in [7, 11) is 0. The molecule has 2 heterocycles. The Balaban J connectivity index is 2.00. The summed E-state index contributed by atoms with van der Waals surface area (Å²) in [5.41, 5.74) is 0. The fourth-order valence-electron chi connectivity index (χ4n) is 1.61. The van der Waals surface area contributed by atoms with Gasteiger partial charge in [0.05, 0.1) is 0 Å². The number of amides is 1. The summed E-state index contributed by atoms with van der Waals surface area (Å²) in [6.45, 7) is 0.509. The third-order valence-corrected chi connectivity index (χ3v) is 2.34. The van der Waals surface area contributed by atoms with E-state index in [1.165, 1.54) is 0 Å². The first-order valence-electron chi connectivity index (χ1n) is 4.56. The van der Waals surface area contributed by atoms with Crippen molar-refractivity contribution in [3.63, 3.8) is 0 Å². The van der Waals surface area contributed by atoms with Crippen LogP contribution in [0.1, 0.15) is 18.7 Å². The SMILES string of the molecule is O=C1CCC(Cn2cnnc2CO)N1. The lowest BCUT2D eigenvalue weighted by Gasteiger charge is -2.11. The predicted octanol–water partition coefficient (Wildman–Crippen LogP) is -0.951. The Morgan fingerprint density at radius 2 is 2.57 bits per heavy atom. The molecule has 0 aliphatic carbocycles. The van der Waals surface area contributed by atoms with Crippen LogP contribution in [0, 0.1) is 0 Å². The van der Waals surface area contributed by atoms with Crippen LogP contribution in [0.5, 0.6) is 0 Å². The molecule has 14 heavy (non-hydrogen) atoms. The fourth-order valence-corrected chi connectivity index (χ4v) is 1.61. The van der Waals surface area contributed by atoms with E-state index in [-0.39, 0.29) is 18.6 Å². The smallest absolute Gasteiger partial charge is 0.220 e. The van der Waals surface area contributed by atoms with Crippen LogP contribution in [0.15, 0.2) is 6.33 Å². The van der Waals surface area contributed by atoms with Crippen LogP contribution >= 0.6 is 0 Å². The molecule has 1 amide bonds. The van der Waals surface area contributed by atoms with Gasteiger partial charge in [0, 0.05) is 19.0 Å².